The van der Waals surface area contributed by atoms with Gasteiger partial charge in [-0.1, -0.05) is 47.1 Å². The summed E-state index contributed by atoms with van der Waals surface area (Å²) in [6.07, 6.45) is 0.129. The first-order chi connectivity index (χ1) is 14.8. The summed E-state index contributed by atoms with van der Waals surface area (Å²) in [7, 11) is 1.52. The molecule has 1 aliphatic rings. The molecule has 1 atom stereocenters. The van der Waals surface area contributed by atoms with Crippen LogP contribution in [0.1, 0.15) is 29.0 Å². The van der Waals surface area contributed by atoms with Crippen LogP contribution in [0.3, 0.4) is 0 Å². The van der Waals surface area contributed by atoms with Gasteiger partial charge in [0.1, 0.15) is 5.75 Å². The Morgan fingerprint density at radius 1 is 1.32 bits per heavy atom. The van der Waals surface area contributed by atoms with Crippen molar-refractivity contribution in [2.24, 2.45) is 0 Å². The molecule has 0 saturated heterocycles. The zero-order valence-corrected chi connectivity index (χ0v) is 19.0. The molecule has 1 aliphatic heterocycles. The zero-order valence-electron chi connectivity index (χ0n) is 17.4. The summed E-state index contributed by atoms with van der Waals surface area (Å²) in [4.78, 5) is 24.8. The fourth-order valence-electron chi connectivity index (χ4n) is 3.39. The number of thioether (sulfide) groups is 1. The first-order valence-corrected chi connectivity index (χ1v) is 11.0. The number of ether oxygens (including phenoxy) is 1. The van der Waals surface area contributed by atoms with Crippen molar-refractivity contribution >= 4 is 40.9 Å². The van der Waals surface area contributed by atoms with Gasteiger partial charge in [0.05, 0.1) is 34.6 Å². The number of methoxy groups -OCH3 is 1. The zero-order chi connectivity index (χ0) is 22.5. The molecule has 160 valence electrons. The summed E-state index contributed by atoms with van der Waals surface area (Å²) < 4.78 is 5.17. The Hall–Kier alpha value is -2.95. The van der Waals surface area contributed by atoms with Crippen LogP contribution in [0.5, 0.6) is 5.75 Å². The van der Waals surface area contributed by atoms with Crippen molar-refractivity contribution in [3.63, 3.8) is 0 Å². The molecule has 0 saturated carbocycles. The van der Waals surface area contributed by atoms with Gasteiger partial charge in [0.2, 0.25) is 11.8 Å². The highest BCUT2D eigenvalue weighted by Crippen LogP contribution is 2.38. The van der Waals surface area contributed by atoms with Crippen molar-refractivity contribution in [3.8, 4) is 11.8 Å². The Morgan fingerprint density at radius 2 is 2.10 bits per heavy atom. The molecular weight excluding hydrogens is 434 g/mol. The smallest absolute Gasteiger partial charge is 0.234 e. The van der Waals surface area contributed by atoms with Crippen molar-refractivity contribution in [1.82, 2.24) is 5.32 Å². The fourth-order valence-corrected chi connectivity index (χ4v) is 4.54. The third kappa shape index (κ3) is 5.40. The van der Waals surface area contributed by atoms with Gasteiger partial charge in [-0.2, -0.15) is 5.26 Å². The Bertz CT molecular complexity index is 1110. The van der Waals surface area contributed by atoms with Gasteiger partial charge in [-0.25, -0.2) is 0 Å². The van der Waals surface area contributed by atoms with Crippen LogP contribution in [0.2, 0.25) is 5.02 Å². The lowest BCUT2D eigenvalue weighted by molar-refractivity contribution is -0.121. The standard InChI is InChI=1S/C23H22ClN3O3S/c1-13-4-6-19(14(2)8-13)26-22(29)12-31-23-17(11-25)16(10-21(28)27-23)15-5-7-20(30-3)18(24)9-15/h4-9,16H,10,12H2,1-3H3,(H,26,29)(H,27,28)/t16-/m0/s1. The Labute approximate surface area is 190 Å². The predicted molar refractivity (Wildman–Crippen MR) is 123 cm³/mol. The third-order valence-corrected chi connectivity index (χ3v) is 6.25. The van der Waals surface area contributed by atoms with Crippen LogP contribution in [0.15, 0.2) is 47.0 Å². The maximum Gasteiger partial charge on any atom is 0.234 e. The molecule has 0 radical (unpaired) electrons. The van der Waals surface area contributed by atoms with E-state index in [1.54, 1.807) is 18.2 Å². The minimum atomic E-state index is -0.438. The van der Waals surface area contributed by atoms with E-state index in [2.05, 4.69) is 16.7 Å². The Kier molecular flexibility index (Phi) is 7.26. The van der Waals surface area contributed by atoms with Gasteiger partial charge >= 0.3 is 0 Å². The summed E-state index contributed by atoms with van der Waals surface area (Å²) in [5, 5.41) is 16.2. The number of nitriles is 1. The molecule has 2 aromatic rings. The minimum Gasteiger partial charge on any atom is -0.495 e. The number of carbonyl (C=O) groups excluding carboxylic acids is 2. The molecule has 0 aliphatic carbocycles. The number of rotatable bonds is 6. The highest BCUT2D eigenvalue weighted by molar-refractivity contribution is 8.03. The SMILES string of the molecule is COc1ccc([C@@H]2CC(=O)NC(SCC(=O)Nc3ccc(C)cc3C)=C2C#N)cc1Cl. The van der Waals surface area contributed by atoms with E-state index in [-0.39, 0.29) is 24.0 Å². The van der Waals surface area contributed by atoms with Crippen molar-refractivity contribution in [2.45, 2.75) is 26.2 Å². The molecule has 0 unspecified atom stereocenters. The lowest BCUT2D eigenvalue weighted by Crippen LogP contribution is -2.31. The molecule has 31 heavy (non-hydrogen) atoms. The summed E-state index contributed by atoms with van der Waals surface area (Å²) >= 11 is 7.37. The number of hydrogen-bond acceptors (Lipinski definition) is 5. The number of nitrogens with zero attached hydrogens (tertiary/aromatic N) is 1. The number of allylic oxidation sites excluding steroid dienone is 1. The second-order valence-electron chi connectivity index (χ2n) is 7.21. The normalized spacial score (nSPS) is 15.8. The van der Waals surface area contributed by atoms with E-state index >= 15 is 0 Å². The summed E-state index contributed by atoms with van der Waals surface area (Å²) in [5.41, 5.74) is 3.98. The van der Waals surface area contributed by atoms with E-state index in [1.807, 2.05) is 32.0 Å². The summed E-state index contributed by atoms with van der Waals surface area (Å²) in [6.45, 7) is 3.92. The third-order valence-electron chi connectivity index (χ3n) is 4.94. The number of hydrogen-bond donors (Lipinski definition) is 2. The maximum absolute atomic E-state index is 12.5. The molecule has 0 aromatic heterocycles. The van der Waals surface area contributed by atoms with E-state index in [0.29, 0.717) is 21.4 Å². The van der Waals surface area contributed by atoms with Crippen LogP contribution >= 0.6 is 23.4 Å². The predicted octanol–water partition coefficient (Wildman–Crippen LogP) is 4.68. The Balaban J connectivity index is 1.78. The summed E-state index contributed by atoms with van der Waals surface area (Å²) in [6, 6.07) is 13.2. The van der Waals surface area contributed by atoms with Gasteiger partial charge in [-0.05, 0) is 43.2 Å². The lowest BCUT2D eigenvalue weighted by Gasteiger charge is -2.25. The number of nitrogens with one attached hydrogen (secondary N) is 2. The van der Waals surface area contributed by atoms with E-state index in [1.165, 1.54) is 7.11 Å². The molecule has 2 amide bonds. The highest BCUT2D eigenvalue weighted by Gasteiger charge is 2.30. The molecule has 1 heterocycles. The van der Waals surface area contributed by atoms with Crippen LogP contribution in [0, 0.1) is 25.2 Å². The number of anilines is 1. The number of halogens is 1. The van der Waals surface area contributed by atoms with Crippen molar-refractivity contribution < 1.29 is 14.3 Å². The van der Waals surface area contributed by atoms with E-state index in [4.69, 9.17) is 16.3 Å². The van der Waals surface area contributed by atoms with Crippen LogP contribution < -0.4 is 15.4 Å². The second-order valence-corrected chi connectivity index (χ2v) is 8.60. The molecule has 2 N–H and O–H groups in total. The van der Waals surface area contributed by atoms with Gasteiger partial charge in [-0.15, -0.1) is 0 Å². The van der Waals surface area contributed by atoms with E-state index in [9.17, 15) is 14.9 Å². The minimum absolute atomic E-state index is 0.0597. The van der Waals surface area contributed by atoms with Crippen LogP contribution in [-0.4, -0.2) is 24.7 Å². The number of carbonyl (C=O) groups is 2. The number of amides is 2. The molecule has 0 spiro atoms. The highest BCUT2D eigenvalue weighted by atomic mass is 35.5. The molecule has 3 rings (SSSR count). The maximum atomic E-state index is 12.5. The van der Waals surface area contributed by atoms with Crippen molar-refractivity contribution in [3.05, 3.63) is 68.7 Å². The second kappa shape index (κ2) is 9.90. The molecule has 2 aromatic carbocycles. The van der Waals surface area contributed by atoms with Crippen LogP contribution in [-0.2, 0) is 9.59 Å². The topological polar surface area (TPSA) is 91.2 Å². The fraction of sp³-hybridized carbons (Fsp3) is 0.261. The summed E-state index contributed by atoms with van der Waals surface area (Å²) in [5.74, 6) is -0.291. The van der Waals surface area contributed by atoms with Gasteiger partial charge in [0.15, 0.2) is 0 Å². The monoisotopic (exact) mass is 455 g/mol. The van der Waals surface area contributed by atoms with E-state index in [0.717, 1.165) is 34.1 Å². The van der Waals surface area contributed by atoms with Gasteiger partial charge in [0, 0.05) is 18.0 Å². The number of aryl methyl sites for hydroxylation is 2. The molecule has 0 fully saturated rings. The van der Waals surface area contributed by atoms with Gasteiger partial charge in [-0.3, -0.25) is 9.59 Å². The number of benzene rings is 2. The first-order valence-electron chi connectivity index (χ1n) is 9.59. The first kappa shape index (κ1) is 22.7. The molecule has 6 nitrogen and oxygen atoms in total. The average Bonchev–Trinajstić information content (AvgIpc) is 2.73. The Morgan fingerprint density at radius 3 is 2.74 bits per heavy atom. The van der Waals surface area contributed by atoms with E-state index < -0.39 is 5.92 Å². The van der Waals surface area contributed by atoms with Crippen molar-refractivity contribution in [1.29, 1.82) is 5.26 Å². The average molecular weight is 456 g/mol. The lowest BCUT2D eigenvalue weighted by atomic mass is 9.87. The molecule has 8 heteroatoms. The van der Waals surface area contributed by atoms with Crippen molar-refractivity contribution in [2.75, 3.05) is 18.2 Å². The van der Waals surface area contributed by atoms with Gasteiger partial charge in [0.25, 0.3) is 0 Å². The molecule has 0 bridgehead atoms. The van der Waals surface area contributed by atoms with Gasteiger partial charge < -0.3 is 15.4 Å². The quantitative estimate of drug-likeness (QED) is 0.660. The molecular formula is C23H22ClN3O3S. The largest absolute Gasteiger partial charge is 0.495 e. The van der Waals surface area contributed by atoms with Crippen LogP contribution in [0.25, 0.3) is 0 Å². The van der Waals surface area contributed by atoms with Crippen LogP contribution in [0.4, 0.5) is 5.69 Å².